The van der Waals surface area contributed by atoms with Gasteiger partial charge in [0.1, 0.15) is 5.75 Å². The van der Waals surface area contributed by atoms with Crippen molar-refractivity contribution < 1.29 is 19.7 Å². The van der Waals surface area contributed by atoms with Crippen LogP contribution in [-0.4, -0.2) is 41.5 Å². The van der Waals surface area contributed by atoms with E-state index in [4.69, 9.17) is 26.6 Å². The van der Waals surface area contributed by atoms with Gasteiger partial charge in [-0.25, -0.2) is 0 Å². The molecule has 1 aromatic rings. The molecule has 3 N–H and O–H groups in total. The van der Waals surface area contributed by atoms with Gasteiger partial charge < -0.3 is 20.3 Å². The van der Waals surface area contributed by atoms with Crippen LogP contribution in [0, 0.1) is 0 Å². The topological polar surface area (TPSA) is 78.8 Å². The van der Waals surface area contributed by atoms with Crippen LogP contribution < -0.4 is 10.1 Å². The lowest BCUT2D eigenvalue weighted by atomic mass is 10.1. The zero-order chi connectivity index (χ0) is 13.6. The van der Waals surface area contributed by atoms with Gasteiger partial charge in [0.05, 0.1) is 18.8 Å². The maximum Gasteiger partial charge on any atom is 0.258 e. The van der Waals surface area contributed by atoms with Crippen molar-refractivity contribution in [2.75, 3.05) is 19.8 Å². The molecule has 0 bridgehead atoms. The van der Waals surface area contributed by atoms with Crippen LogP contribution in [0.3, 0.4) is 0 Å². The molecule has 0 aliphatic rings. The van der Waals surface area contributed by atoms with Crippen molar-refractivity contribution in [3.05, 3.63) is 29.3 Å². The number of nitrogens with one attached hydrogen (secondary N) is 1. The van der Waals surface area contributed by atoms with E-state index in [0.29, 0.717) is 10.8 Å². The third-order valence-corrected chi connectivity index (χ3v) is 2.57. The van der Waals surface area contributed by atoms with E-state index in [9.17, 15) is 4.79 Å². The Bertz CT molecular complexity index is 390. The van der Waals surface area contributed by atoms with Gasteiger partial charge in [0, 0.05) is 5.02 Å². The molecule has 0 saturated heterocycles. The molecule has 1 aromatic carbocycles. The lowest BCUT2D eigenvalue weighted by molar-refractivity contribution is -0.126. The Morgan fingerprint density at radius 3 is 2.39 bits per heavy atom. The molecule has 0 atom stereocenters. The van der Waals surface area contributed by atoms with E-state index in [1.165, 1.54) is 6.92 Å². The van der Waals surface area contributed by atoms with Crippen LogP contribution >= 0.6 is 11.6 Å². The Morgan fingerprint density at radius 2 is 1.89 bits per heavy atom. The van der Waals surface area contributed by atoms with Gasteiger partial charge in [0.2, 0.25) is 0 Å². The summed E-state index contributed by atoms with van der Waals surface area (Å²) < 4.78 is 5.22. The minimum absolute atomic E-state index is 0.197. The molecule has 0 radical (unpaired) electrons. The quantitative estimate of drug-likeness (QED) is 0.708. The Kier molecular flexibility index (Phi) is 5.40. The van der Waals surface area contributed by atoms with E-state index in [0.717, 1.165) is 0 Å². The maximum atomic E-state index is 11.5. The second kappa shape index (κ2) is 6.58. The van der Waals surface area contributed by atoms with Crippen molar-refractivity contribution in [1.82, 2.24) is 5.32 Å². The number of rotatable bonds is 6. The van der Waals surface area contributed by atoms with Crippen LogP contribution in [0.1, 0.15) is 6.92 Å². The molecular weight excluding hydrogens is 258 g/mol. The highest BCUT2D eigenvalue weighted by Crippen LogP contribution is 2.15. The third kappa shape index (κ3) is 4.52. The second-order valence-electron chi connectivity index (χ2n) is 4.17. The predicted molar refractivity (Wildman–Crippen MR) is 67.7 cm³/mol. The number of halogens is 1. The zero-order valence-electron chi connectivity index (χ0n) is 10.0. The second-order valence-corrected chi connectivity index (χ2v) is 4.60. The summed E-state index contributed by atoms with van der Waals surface area (Å²) in [6.07, 6.45) is 0. The molecular formula is C12H16ClNO4. The summed E-state index contributed by atoms with van der Waals surface area (Å²) in [5.74, 6) is 0.0970. The average Bonchev–Trinajstić information content (AvgIpc) is 2.38. The molecule has 5 nitrogen and oxygen atoms in total. The summed E-state index contributed by atoms with van der Waals surface area (Å²) in [6, 6.07) is 6.60. The van der Waals surface area contributed by atoms with E-state index in [2.05, 4.69) is 5.32 Å². The van der Waals surface area contributed by atoms with Gasteiger partial charge in [-0.15, -0.1) is 0 Å². The number of hydrogen-bond donors (Lipinski definition) is 3. The van der Waals surface area contributed by atoms with Crippen LogP contribution in [0.2, 0.25) is 5.02 Å². The SMILES string of the molecule is CC(CO)(CO)NC(=O)COc1ccc(Cl)cc1. The summed E-state index contributed by atoms with van der Waals surface area (Å²) in [5.41, 5.74) is -1.04. The average molecular weight is 274 g/mol. The Hall–Kier alpha value is -1.30. The van der Waals surface area contributed by atoms with Gasteiger partial charge >= 0.3 is 0 Å². The third-order valence-electron chi connectivity index (χ3n) is 2.32. The summed E-state index contributed by atoms with van der Waals surface area (Å²) in [6.45, 7) is 0.636. The molecule has 6 heteroatoms. The zero-order valence-corrected chi connectivity index (χ0v) is 10.8. The molecule has 0 saturated carbocycles. The first-order valence-electron chi connectivity index (χ1n) is 5.40. The number of amides is 1. The van der Waals surface area contributed by atoms with E-state index in [-0.39, 0.29) is 19.8 Å². The molecule has 0 unspecified atom stereocenters. The van der Waals surface area contributed by atoms with Crippen LogP contribution in [0.4, 0.5) is 0 Å². The Balaban J connectivity index is 2.44. The summed E-state index contributed by atoms with van der Waals surface area (Å²) >= 11 is 5.71. The maximum absolute atomic E-state index is 11.5. The number of carbonyl (C=O) groups excluding carboxylic acids is 1. The largest absolute Gasteiger partial charge is 0.484 e. The van der Waals surface area contributed by atoms with E-state index < -0.39 is 11.4 Å². The van der Waals surface area contributed by atoms with Gasteiger partial charge in [0.25, 0.3) is 5.91 Å². The monoisotopic (exact) mass is 273 g/mol. The predicted octanol–water partition coefficient (Wildman–Crippen LogP) is 0.578. The highest BCUT2D eigenvalue weighted by Gasteiger charge is 2.24. The highest BCUT2D eigenvalue weighted by molar-refractivity contribution is 6.30. The molecule has 0 spiro atoms. The van der Waals surface area contributed by atoms with Crippen molar-refractivity contribution in [3.63, 3.8) is 0 Å². The van der Waals surface area contributed by atoms with Crippen molar-refractivity contribution in [2.45, 2.75) is 12.5 Å². The van der Waals surface area contributed by atoms with Crippen molar-refractivity contribution in [2.24, 2.45) is 0 Å². The number of aliphatic hydroxyl groups is 2. The standard InChI is InChI=1S/C12H16ClNO4/c1-12(7-15,8-16)14-11(17)6-18-10-4-2-9(13)3-5-10/h2-5,15-16H,6-8H2,1H3,(H,14,17). The first-order chi connectivity index (χ1) is 8.49. The lowest BCUT2D eigenvalue weighted by Crippen LogP contribution is -2.53. The minimum Gasteiger partial charge on any atom is -0.484 e. The Morgan fingerprint density at radius 1 is 1.33 bits per heavy atom. The van der Waals surface area contributed by atoms with Gasteiger partial charge in [-0.1, -0.05) is 11.6 Å². The summed E-state index contributed by atoms with van der Waals surface area (Å²) in [4.78, 5) is 11.5. The van der Waals surface area contributed by atoms with Gasteiger partial charge in [0.15, 0.2) is 6.61 Å². The summed E-state index contributed by atoms with van der Waals surface area (Å²) in [7, 11) is 0. The van der Waals surface area contributed by atoms with Crippen molar-refractivity contribution >= 4 is 17.5 Å². The van der Waals surface area contributed by atoms with Crippen molar-refractivity contribution in [1.29, 1.82) is 0 Å². The number of benzene rings is 1. The van der Waals surface area contributed by atoms with Crippen LogP contribution in [0.25, 0.3) is 0 Å². The number of ether oxygens (including phenoxy) is 1. The number of aliphatic hydroxyl groups excluding tert-OH is 2. The highest BCUT2D eigenvalue weighted by atomic mass is 35.5. The molecule has 1 amide bonds. The van der Waals surface area contributed by atoms with Crippen molar-refractivity contribution in [3.8, 4) is 5.75 Å². The van der Waals surface area contributed by atoms with E-state index >= 15 is 0 Å². The first-order valence-corrected chi connectivity index (χ1v) is 5.78. The van der Waals surface area contributed by atoms with Crippen LogP contribution in [0.15, 0.2) is 24.3 Å². The molecule has 18 heavy (non-hydrogen) atoms. The molecule has 0 fully saturated rings. The lowest BCUT2D eigenvalue weighted by Gasteiger charge is -2.26. The number of hydrogen-bond acceptors (Lipinski definition) is 4. The van der Waals surface area contributed by atoms with Gasteiger partial charge in [-0.2, -0.15) is 0 Å². The minimum atomic E-state index is -1.04. The van der Waals surface area contributed by atoms with E-state index in [1.54, 1.807) is 24.3 Å². The normalized spacial score (nSPS) is 11.1. The van der Waals surface area contributed by atoms with Gasteiger partial charge in [-0.3, -0.25) is 4.79 Å². The van der Waals surface area contributed by atoms with E-state index in [1.807, 2.05) is 0 Å². The summed E-state index contributed by atoms with van der Waals surface area (Å²) in [5, 5.41) is 21.1. The van der Waals surface area contributed by atoms with Crippen LogP contribution in [-0.2, 0) is 4.79 Å². The molecule has 0 heterocycles. The molecule has 1 rings (SSSR count). The molecule has 0 aromatic heterocycles. The van der Waals surface area contributed by atoms with Gasteiger partial charge in [-0.05, 0) is 31.2 Å². The molecule has 100 valence electrons. The molecule has 0 aliphatic carbocycles. The fourth-order valence-electron chi connectivity index (χ4n) is 1.18. The Labute approximate surface area is 110 Å². The first kappa shape index (κ1) is 14.8. The smallest absolute Gasteiger partial charge is 0.258 e. The fourth-order valence-corrected chi connectivity index (χ4v) is 1.31. The molecule has 0 aliphatic heterocycles. The fraction of sp³-hybridized carbons (Fsp3) is 0.417. The number of carbonyl (C=O) groups is 1. The van der Waals surface area contributed by atoms with Crippen LogP contribution in [0.5, 0.6) is 5.75 Å².